The lowest BCUT2D eigenvalue weighted by atomic mass is 9.92. The minimum absolute atomic E-state index is 0.533. The molecule has 0 aliphatic carbocycles. The lowest BCUT2D eigenvalue weighted by molar-refractivity contribution is 0.726. The summed E-state index contributed by atoms with van der Waals surface area (Å²) in [5.74, 6) is 0.533. The Morgan fingerprint density at radius 3 is 2.57 bits per heavy atom. The first-order valence-electron chi connectivity index (χ1n) is 5.31. The molecule has 1 aromatic carbocycles. The molecule has 0 aliphatic rings. The Kier molecular flexibility index (Phi) is 4.00. The fraction of sp³-hybridized carbons (Fsp3) is 0.538. The predicted molar refractivity (Wildman–Crippen MR) is 63.1 cm³/mol. The standard InChI is InChI=1S/C13H18Cl/c1-5-9(3)12-10(4)7-8-11(6-2)13(12)14/h8-9H,5-6H2,1-4H3. The van der Waals surface area contributed by atoms with Gasteiger partial charge in [0.25, 0.3) is 0 Å². The van der Waals surface area contributed by atoms with Crippen LogP contribution in [0.3, 0.4) is 0 Å². The molecule has 14 heavy (non-hydrogen) atoms. The second kappa shape index (κ2) is 4.84. The van der Waals surface area contributed by atoms with Crippen molar-refractivity contribution in [2.75, 3.05) is 0 Å². The van der Waals surface area contributed by atoms with Crippen LogP contribution < -0.4 is 0 Å². The molecule has 0 fully saturated rings. The van der Waals surface area contributed by atoms with Crippen LogP contribution >= 0.6 is 11.6 Å². The van der Waals surface area contributed by atoms with Crippen LogP contribution in [0.5, 0.6) is 0 Å². The zero-order valence-electron chi connectivity index (χ0n) is 9.45. The Labute approximate surface area is 92.3 Å². The van der Waals surface area contributed by atoms with E-state index in [9.17, 15) is 0 Å². The molecule has 0 saturated carbocycles. The lowest BCUT2D eigenvalue weighted by Crippen LogP contribution is -1.99. The van der Waals surface area contributed by atoms with Gasteiger partial charge in [-0.3, -0.25) is 0 Å². The topological polar surface area (TPSA) is 0 Å². The van der Waals surface area contributed by atoms with Crippen LogP contribution in [0.2, 0.25) is 5.02 Å². The van der Waals surface area contributed by atoms with Crippen LogP contribution in [0, 0.1) is 13.0 Å². The van der Waals surface area contributed by atoms with Crippen LogP contribution in [0.4, 0.5) is 0 Å². The first-order chi connectivity index (χ1) is 6.61. The average molecular weight is 210 g/mol. The summed E-state index contributed by atoms with van der Waals surface area (Å²) in [7, 11) is 0. The smallest absolute Gasteiger partial charge is 0.0475 e. The summed E-state index contributed by atoms with van der Waals surface area (Å²) in [4.78, 5) is 0. The predicted octanol–water partition coefficient (Wildman–Crippen LogP) is 4.52. The molecule has 1 heteroatoms. The van der Waals surface area contributed by atoms with E-state index in [-0.39, 0.29) is 0 Å². The van der Waals surface area contributed by atoms with E-state index in [1.807, 2.05) is 6.07 Å². The van der Waals surface area contributed by atoms with E-state index in [1.54, 1.807) is 0 Å². The van der Waals surface area contributed by atoms with Crippen molar-refractivity contribution in [3.63, 3.8) is 0 Å². The van der Waals surface area contributed by atoms with Crippen molar-refractivity contribution in [3.05, 3.63) is 33.8 Å². The van der Waals surface area contributed by atoms with Crippen LogP contribution in [-0.2, 0) is 6.42 Å². The third kappa shape index (κ3) is 2.12. The molecule has 0 nitrogen and oxygen atoms in total. The van der Waals surface area contributed by atoms with Gasteiger partial charge in [0.15, 0.2) is 0 Å². The molecule has 0 aromatic heterocycles. The maximum absolute atomic E-state index is 6.37. The molecule has 0 spiro atoms. The Morgan fingerprint density at radius 2 is 2.07 bits per heavy atom. The normalized spacial score (nSPS) is 12.9. The summed E-state index contributed by atoms with van der Waals surface area (Å²) in [6, 6.07) is 5.31. The zero-order chi connectivity index (χ0) is 10.7. The molecule has 1 unspecified atom stereocenters. The summed E-state index contributed by atoms with van der Waals surface area (Å²) >= 11 is 6.37. The third-order valence-electron chi connectivity index (χ3n) is 2.87. The first-order valence-corrected chi connectivity index (χ1v) is 5.69. The number of hydrogen-bond acceptors (Lipinski definition) is 0. The quantitative estimate of drug-likeness (QED) is 0.687. The molecule has 0 aliphatic heterocycles. The van der Waals surface area contributed by atoms with Gasteiger partial charge >= 0.3 is 0 Å². The van der Waals surface area contributed by atoms with Crippen LogP contribution in [-0.4, -0.2) is 0 Å². The van der Waals surface area contributed by atoms with Gasteiger partial charge in [-0.1, -0.05) is 32.4 Å². The summed E-state index contributed by atoms with van der Waals surface area (Å²) in [6.07, 6.45) is 2.11. The highest BCUT2D eigenvalue weighted by Crippen LogP contribution is 2.32. The van der Waals surface area contributed by atoms with E-state index < -0.39 is 0 Å². The zero-order valence-corrected chi connectivity index (χ0v) is 10.2. The minimum atomic E-state index is 0.533. The van der Waals surface area contributed by atoms with E-state index in [0.717, 1.165) is 17.9 Å². The number of hydrogen-bond donors (Lipinski definition) is 0. The monoisotopic (exact) mass is 209 g/mol. The van der Waals surface area contributed by atoms with Gasteiger partial charge in [0.1, 0.15) is 0 Å². The van der Waals surface area contributed by atoms with E-state index in [2.05, 4.69) is 33.8 Å². The van der Waals surface area contributed by atoms with Crippen molar-refractivity contribution in [1.82, 2.24) is 0 Å². The number of halogens is 1. The second-order valence-electron chi connectivity index (χ2n) is 3.83. The van der Waals surface area contributed by atoms with E-state index in [4.69, 9.17) is 11.6 Å². The molecule has 1 radical (unpaired) electrons. The number of benzene rings is 1. The summed E-state index contributed by atoms with van der Waals surface area (Å²) in [5.41, 5.74) is 3.70. The van der Waals surface area contributed by atoms with Gasteiger partial charge in [0, 0.05) is 5.02 Å². The van der Waals surface area contributed by atoms with E-state index >= 15 is 0 Å². The molecule has 0 heterocycles. The number of aryl methyl sites for hydroxylation is 2. The SMILES string of the molecule is CCc1c[c]c(C)c(C(C)CC)c1Cl. The average Bonchev–Trinajstić information content (AvgIpc) is 2.18. The molecular weight excluding hydrogens is 192 g/mol. The number of rotatable bonds is 3. The summed E-state index contributed by atoms with van der Waals surface area (Å²) < 4.78 is 0. The Balaban J connectivity index is 3.25. The van der Waals surface area contributed by atoms with Gasteiger partial charge in [-0.05, 0) is 54.5 Å². The lowest BCUT2D eigenvalue weighted by Gasteiger charge is -2.16. The highest BCUT2D eigenvalue weighted by atomic mass is 35.5. The summed E-state index contributed by atoms with van der Waals surface area (Å²) in [6.45, 7) is 8.64. The molecule has 0 bridgehead atoms. The fourth-order valence-electron chi connectivity index (χ4n) is 1.72. The molecule has 1 rings (SSSR count). The van der Waals surface area contributed by atoms with Gasteiger partial charge in [0.2, 0.25) is 0 Å². The van der Waals surface area contributed by atoms with Gasteiger partial charge in [-0.25, -0.2) is 0 Å². The highest BCUT2D eigenvalue weighted by molar-refractivity contribution is 6.32. The van der Waals surface area contributed by atoms with E-state index in [0.29, 0.717) is 5.92 Å². The van der Waals surface area contributed by atoms with Crippen molar-refractivity contribution in [1.29, 1.82) is 0 Å². The maximum atomic E-state index is 6.37. The first kappa shape index (κ1) is 11.6. The van der Waals surface area contributed by atoms with Crippen molar-refractivity contribution in [2.24, 2.45) is 0 Å². The van der Waals surface area contributed by atoms with Gasteiger partial charge in [-0.2, -0.15) is 0 Å². The van der Waals surface area contributed by atoms with Gasteiger partial charge < -0.3 is 0 Å². The maximum Gasteiger partial charge on any atom is 0.0475 e. The third-order valence-corrected chi connectivity index (χ3v) is 3.32. The second-order valence-corrected chi connectivity index (χ2v) is 4.21. The Bertz CT molecular complexity index is 315. The fourth-order valence-corrected chi connectivity index (χ4v) is 2.24. The molecule has 77 valence electrons. The Hall–Kier alpha value is -0.490. The van der Waals surface area contributed by atoms with Crippen molar-refractivity contribution in [2.45, 2.75) is 46.5 Å². The molecule has 0 amide bonds. The molecular formula is C13H18Cl. The molecule has 1 aromatic rings. The molecule has 0 N–H and O–H groups in total. The van der Waals surface area contributed by atoms with Crippen LogP contribution in [0.25, 0.3) is 0 Å². The van der Waals surface area contributed by atoms with Crippen molar-refractivity contribution in [3.8, 4) is 0 Å². The van der Waals surface area contributed by atoms with Gasteiger partial charge in [-0.15, -0.1) is 0 Å². The van der Waals surface area contributed by atoms with E-state index in [1.165, 1.54) is 16.7 Å². The molecule has 0 saturated heterocycles. The van der Waals surface area contributed by atoms with Crippen molar-refractivity contribution < 1.29 is 0 Å². The van der Waals surface area contributed by atoms with Crippen LogP contribution in [0.15, 0.2) is 6.07 Å². The summed E-state index contributed by atoms with van der Waals surface area (Å²) in [5, 5.41) is 0.957. The minimum Gasteiger partial charge on any atom is -0.0837 e. The van der Waals surface area contributed by atoms with Crippen molar-refractivity contribution >= 4 is 11.6 Å². The largest absolute Gasteiger partial charge is 0.0837 e. The highest BCUT2D eigenvalue weighted by Gasteiger charge is 2.13. The Morgan fingerprint density at radius 1 is 1.43 bits per heavy atom. The molecule has 1 atom stereocenters. The van der Waals surface area contributed by atoms with Crippen LogP contribution in [0.1, 0.15) is 49.8 Å². The van der Waals surface area contributed by atoms with Gasteiger partial charge in [0.05, 0.1) is 0 Å².